The van der Waals surface area contributed by atoms with E-state index in [4.69, 9.17) is 5.73 Å². The Morgan fingerprint density at radius 2 is 1.79 bits per heavy atom. The highest BCUT2D eigenvalue weighted by atomic mass is 32.2. The topological polar surface area (TPSA) is 89.3 Å². The van der Waals surface area contributed by atoms with Crippen LogP contribution in [0.25, 0.3) is 0 Å². The summed E-state index contributed by atoms with van der Waals surface area (Å²) in [5, 5.41) is 3.19. The number of carbonyl (C=O) groups is 1. The van der Waals surface area contributed by atoms with Crippen molar-refractivity contribution >= 4 is 15.7 Å². The second-order valence-corrected chi connectivity index (χ2v) is 11.1. The fourth-order valence-electron chi connectivity index (χ4n) is 5.30. The number of carbonyl (C=O) groups excluding carboxylic acids is 1. The summed E-state index contributed by atoms with van der Waals surface area (Å²) in [5.41, 5.74) is 5.39. The van der Waals surface area contributed by atoms with E-state index in [1.807, 2.05) is 0 Å². The van der Waals surface area contributed by atoms with Crippen LogP contribution in [0.2, 0.25) is 0 Å². The van der Waals surface area contributed by atoms with Crippen molar-refractivity contribution in [3.63, 3.8) is 0 Å². The van der Waals surface area contributed by atoms with Crippen LogP contribution in [-0.4, -0.2) is 32.2 Å². The molecule has 5 nitrogen and oxygen atoms in total. The molecule has 0 saturated heterocycles. The maximum absolute atomic E-state index is 13.6. The first-order valence-electron chi connectivity index (χ1n) is 10.3. The molecule has 2 aliphatic rings. The van der Waals surface area contributed by atoms with Crippen LogP contribution >= 0.6 is 0 Å². The molecule has 1 amide bonds. The minimum absolute atomic E-state index is 0.0120. The Bertz CT molecular complexity index is 862. The Morgan fingerprint density at radius 3 is 2.34 bits per heavy atom. The summed E-state index contributed by atoms with van der Waals surface area (Å²) in [5.74, 6) is 0.379. The molecule has 2 fully saturated rings. The average molecular weight is 423 g/mol. The van der Waals surface area contributed by atoms with Crippen molar-refractivity contribution in [3.8, 4) is 0 Å². The number of nitrogens with two attached hydrogens (primary N) is 1. The van der Waals surface area contributed by atoms with Gasteiger partial charge in [-0.15, -0.1) is 0 Å². The number of hydrogen-bond acceptors (Lipinski definition) is 4. The van der Waals surface area contributed by atoms with Gasteiger partial charge in [0.1, 0.15) is 11.6 Å². The molecule has 160 valence electrons. The van der Waals surface area contributed by atoms with Gasteiger partial charge < -0.3 is 11.1 Å². The predicted octanol–water partition coefficient (Wildman–Crippen LogP) is 3.61. The van der Waals surface area contributed by atoms with Gasteiger partial charge in [-0.05, 0) is 87.1 Å². The van der Waals surface area contributed by atoms with Gasteiger partial charge in [0.05, 0.1) is 4.90 Å². The molecule has 0 aromatic heterocycles. The highest BCUT2D eigenvalue weighted by Crippen LogP contribution is 2.46. The van der Waals surface area contributed by atoms with Crippen molar-refractivity contribution < 1.29 is 17.6 Å². The Hall–Kier alpha value is -1.73. The number of halogens is 1. The molecule has 1 aromatic carbocycles. The summed E-state index contributed by atoms with van der Waals surface area (Å²) in [6, 6.07) is 5.70. The molecule has 3 N–H and O–H groups in total. The van der Waals surface area contributed by atoms with E-state index in [1.165, 1.54) is 43.5 Å². The maximum atomic E-state index is 13.6. The van der Waals surface area contributed by atoms with Crippen molar-refractivity contribution in [1.82, 2.24) is 5.32 Å². The van der Waals surface area contributed by atoms with E-state index in [2.05, 4.69) is 19.2 Å². The van der Waals surface area contributed by atoms with Gasteiger partial charge in [0.15, 0.2) is 9.84 Å². The zero-order valence-corrected chi connectivity index (χ0v) is 18.0. The van der Waals surface area contributed by atoms with E-state index in [0.29, 0.717) is 17.4 Å². The lowest BCUT2D eigenvalue weighted by atomic mass is 9.62. The van der Waals surface area contributed by atoms with Crippen molar-refractivity contribution in [2.45, 2.75) is 56.4 Å². The Morgan fingerprint density at radius 1 is 1.21 bits per heavy atom. The lowest BCUT2D eigenvalue weighted by molar-refractivity contribution is 0.0615. The molecule has 7 heteroatoms. The summed E-state index contributed by atoms with van der Waals surface area (Å²) < 4.78 is 38.1. The summed E-state index contributed by atoms with van der Waals surface area (Å²) >= 11 is 0. The molecule has 3 rings (SSSR count). The molecule has 2 atom stereocenters. The van der Waals surface area contributed by atoms with Crippen LogP contribution in [0.5, 0.6) is 0 Å². The first-order chi connectivity index (χ1) is 13.6. The lowest BCUT2D eigenvalue weighted by Crippen LogP contribution is -2.52. The van der Waals surface area contributed by atoms with Crippen molar-refractivity contribution in [2.24, 2.45) is 23.5 Å². The van der Waals surface area contributed by atoms with E-state index in [0.717, 1.165) is 24.8 Å². The van der Waals surface area contributed by atoms with Crippen LogP contribution in [0.3, 0.4) is 0 Å². The van der Waals surface area contributed by atoms with E-state index in [-0.39, 0.29) is 22.9 Å². The van der Waals surface area contributed by atoms with Crippen molar-refractivity contribution in [1.29, 1.82) is 0 Å². The number of amides is 1. The van der Waals surface area contributed by atoms with Crippen LogP contribution in [0.4, 0.5) is 4.39 Å². The van der Waals surface area contributed by atoms with Crippen molar-refractivity contribution in [2.75, 3.05) is 12.3 Å². The number of benzene rings is 1. The summed E-state index contributed by atoms with van der Waals surface area (Å²) in [7, 11) is -3.81. The lowest BCUT2D eigenvalue weighted by Gasteiger charge is -2.47. The molecule has 0 radical (unpaired) electrons. The van der Waals surface area contributed by atoms with E-state index in [1.54, 1.807) is 0 Å². The Balaban J connectivity index is 1.67. The SMILES string of the molecule is CC1CC2CC(C1)CC(C)(NC(=O)c1ccc(S(=O)(=O)C/C(F)=C/CN)cc1)C2. The van der Waals surface area contributed by atoms with Gasteiger partial charge in [-0.1, -0.05) is 6.92 Å². The maximum Gasteiger partial charge on any atom is 0.251 e. The first kappa shape index (κ1) is 22.0. The van der Waals surface area contributed by atoms with E-state index >= 15 is 0 Å². The number of fused-ring (bicyclic) bond motifs is 2. The molecule has 2 bridgehead atoms. The Kier molecular flexibility index (Phi) is 6.48. The van der Waals surface area contributed by atoms with Gasteiger partial charge in [0.25, 0.3) is 5.91 Å². The molecule has 0 spiro atoms. The standard InChI is InChI=1S/C22H31FN2O3S/c1-15-9-16-11-17(10-15)13-22(2,12-16)25-21(26)18-3-5-20(6-4-18)29(27,28)14-19(23)7-8-24/h3-7,15-17H,8-14,24H2,1-2H3,(H,25,26)/b19-7-. The fraction of sp³-hybridized carbons (Fsp3) is 0.591. The molecule has 1 aromatic rings. The molecule has 2 aliphatic carbocycles. The predicted molar refractivity (Wildman–Crippen MR) is 112 cm³/mol. The van der Waals surface area contributed by atoms with Gasteiger partial charge in [-0.3, -0.25) is 4.79 Å². The van der Waals surface area contributed by atoms with Crippen LogP contribution < -0.4 is 11.1 Å². The molecule has 0 aliphatic heterocycles. The molecular formula is C22H31FN2O3S. The third-order valence-corrected chi connectivity index (χ3v) is 7.82. The van der Waals surface area contributed by atoms with Crippen LogP contribution in [-0.2, 0) is 9.84 Å². The normalized spacial score (nSPS) is 30.1. The van der Waals surface area contributed by atoms with Gasteiger partial charge in [-0.2, -0.15) is 0 Å². The molecule has 2 unspecified atom stereocenters. The zero-order chi connectivity index (χ0) is 21.2. The van der Waals surface area contributed by atoms with E-state index < -0.39 is 21.4 Å². The van der Waals surface area contributed by atoms with Gasteiger partial charge in [0.2, 0.25) is 0 Å². The smallest absolute Gasteiger partial charge is 0.251 e. The van der Waals surface area contributed by atoms with Crippen LogP contribution in [0, 0.1) is 17.8 Å². The largest absolute Gasteiger partial charge is 0.347 e. The molecule has 2 saturated carbocycles. The highest BCUT2D eigenvalue weighted by Gasteiger charge is 2.41. The summed E-state index contributed by atoms with van der Waals surface area (Å²) in [6.07, 6.45) is 6.73. The number of nitrogens with one attached hydrogen (secondary N) is 1. The minimum Gasteiger partial charge on any atom is -0.347 e. The average Bonchev–Trinajstić information content (AvgIpc) is 2.59. The van der Waals surface area contributed by atoms with E-state index in [9.17, 15) is 17.6 Å². The third-order valence-electron chi connectivity index (χ3n) is 6.17. The minimum atomic E-state index is -3.81. The second kappa shape index (κ2) is 8.56. The van der Waals surface area contributed by atoms with Crippen LogP contribution in [0.15, 0.2) is 41.1 Å². The second-order valence-electron chi connectivity index (χ2n) is 9.14. The quantitative estimate of drug-likeness (QED) is 0.733. The Labute approximate surface area is 172 Å². The van der Waals surface area contributed by atoms with Gasteiger partial charge in [0, 0.05) is 17.6 Å². The van der Waals surface area contributed by atoms with Gasteiger partial charge in [-0.25, -0.2) is 12.8 Å². The zero-order valence-electron chi connectivity index (χ0n) is 17.2. The fourth-order valence-corrected chi connectivity index (χ4v) is 6.50. The number of rotatable bonds is 6. The van der Waals surface area contributed by atoms with Gasteiger partial charge >= 0.3 is 0 Å². The monoisotopic (exact) mass is 422 g/mol. The highest BCUT2D eigenvalue weighted by molar-refractivity contribution is 7.91. The van der Waals surface area contributed by atoms with Crippen LogP contribution in [0.1, 0.15) is 56.3 Å². The molecule has 29 heavy (non-hydrogen) atoms. The molecular weight excluding hydrogens is 391 g/mol. The van der Waals surface area contributed by atoms with Crippen molar-refractivity contribution in [3.05, 3.63) is 41.7 Å². The third kappa shape index (κ3) is 5.45. The number of sulfone groups is 1. The summed E-state index contributed by atoms with van der Waals surface area (Å²) in [6.45, 7) is 4.37. The molecule has 0 heterocycles. The number of hydrogen-bond donors (Lipinski definition) is 2. The first-order valence-corrected chi connectivity index (χ1v) is 12.0. The summed E-state index contributed by atoms with van der Waals surface area (Å²) in [4.78, 5) is 12.8.